The van der Waals surface area contributed by atoms with Crippen LogP contribution in [0, 0.1) is 11.8 Å². The zero-order valence-corrected chi connectivity index (χ0v) is 12.7. The molecule has 0 aliphatic heterocycles. The first-order valence-corrected chi connectivity index (χ1v) is 7.70. The summed E-state index contributed by atoms with van der Waals surface area (Å²) >= 11 is 0. The molecule has 0 unspecified atom stereocenters. The second-order valence-corrected chi connectivity index (χ2v) is 5.86. The molecule has 4 nitrogen and oxygen atoms in total. The molecule has 1 fully saturated rings. The normalized spacial score (nSPS) is 16.2. The van der Waals surface area contributed by atoms with Gasteiger partial charge >= 0.3 is 11.9 Å². The van der Waals surface area contributed by atoms with Crippen LogP contribution in [0.15, 0.2) is 42.5 Å². The first-order valence-electron chi connectivity index (χ1n) is 7.70. The van der Waals surface area contributed by atoms with Crippen molar-refractivity contribution in [2.45, 2.75) is 38.7 Å². The van der Waals surface area contributed by atoms with E-state index in [-0.39, 0.29) is 12.2 Å². The molecule has 1 atom stereocenters. The second-order valence-electron chi connectivity index (χ2n) is 5.86. The van der Waals surface area contributed by atoms with E-state index in [0.29, 0.717) is 12.3 Å². The number of benzene rings is 1. The first-order chi connectivity index (χ1) is 10.6. The van der Waals surface area contributed by atoms with Crippen LogP contribution >= 0.6 is 0 Å². The summed E-state index contributed by atoms with van der Waals surface area (Å²) in [5.41, 5.74) is 0.918. The highest BCUT2D eigenvalue weighted by atomic mass is 16.5. The molecule has 0 radical (unpaired) electrons. The van der Waals surface area contributed by atoms with Gasteiger partial charge in [-0.2, -0.15) is 0 Å². The minimum Gasteiger partial charge on any atom is -0.481 e. The summed E-state index contributed by atoms with van der Waals surface area (Å²) in [4.78, 5) is 23.5. The number of carboxylic acid groups (broad SMARTS) is 1. The van der Waals surface area contributed by atoms with Crippen LogP contribution < -0.4 is 0 Å². The van der Waals surface area contributed by atoms with Crippen LogP contribution in [-0.4, -0.2) is 17.0 Å². The molecule has 22 heavy (non-hydrogen) atoms. The third kappa shape index (κ3) is 4.45. The van der Waals surface area contributed by atoms with Gasteiger partial charge in [-0.15, -0.1) is 0 Å². The largest absolute Gasteiger partial charge is 0.481 e. The van der Waals surface area contributed by atoms with E-state index in [1.54, 1.807) is 0 Å². The topological polar surface area (TPSA) is 63.6 Å². The first kappa shape index (κ1) is 16.3. The maximum atomic E-state index is 12.1. The lowest BCUT2D eigenvalue weighted by Crippen LogP contribution is -2.24. The number of rotatable bonds is 7. The number of hydrogen-bond acceptors (Lipinski definition) is 3. The third-order valence-electron chi connectivity index (χ3n) is 4.24. The Hall–Kier alpha value is -2.10. The van der Waals surface area contributed by atoms with Crippen molar-refractivity contribution in [1.29, 1.82) is 0 Å². The zero-order chi connectivity index (χ0) is 15.9. The van der Waals surface area contributed by atoms with E-state index in [4.69, 9.17) is 4.74 Å². The van der Waals surface area contributed by atoms with Gasteiger partial charge in [0.25, 0.3) is 0 Å². The Bertz CT molecular complexity index is 529. The van der Waals surface area contributed by atoms with Crippen molar-refractivity contribution in [2.24, 2.45) is 11.8 Å². The number of carbonyl (C=O) groups excluding carboxylic acids is 1. The minimum atomic E-state index is -0.992. The van der Waals surface area contributed by atoms with E-state index in [0.717, 1.165) is 31.2 Å². The van der Waals surface area contributed by atoms with Crippen molar-refractivity contribution in [2.75, 3.05) is 0 Å². The van der Waals surface area contributed by atoms with Gasteiger partial charge in [-0.05, 0) is 17.9 Å². The SMILES string of the molecule is C=C(C(=O)OCc1ccccc1)[C@@H](CC1CCCC1)C(=O)O. The fourth-order valence-corrected chi connectivity index (χ4v) is 2.93. The van der Waals surface area contributed by atoms with Gasteiger partial charge in [0.1, 0.15) is 6.61 Å². The Morgan fingerprint density at radius 2 is 1.86 bits per heavy atom. The van der Waals surface area contributed by atoms with Crippen molar-refractivity contribution < 1.29 is 19.4 Å². The maximum Gasteiger partial charge on any atom is 0.334 e. The molecule has 0 bridgehead atoms. The number of carboxylic acids is 1. The Morgan fingerprint density at radius 1 is 1.23 bits per heavy atom. The van der Waals surface area contributed by atoms with E-state index in [9.17, 15) is 14.7 Å². The summed E-state index contributed by atoms with van der Waals surface area (Å²) in [5, 5.41) is 9.37. The maximum absolute atomic E-state index is 12.1. The number of carbonyl (C=O) groups is 2. The molecule has 2 rings (SSSR count). The quantitative estimate of drug-likeness (QED) is 0.618. The molecule has 1 aliphatic carbocycles. The van der Waals surface area contributed by atoms with E-state index in [1.807, 2.05) is 30.3 Å². The van der Waals surface area contributed by atoms with Gasteiger partial charge < -0.3 is 9.84 Å². The molecule has 1 aromatic rings. The van der Waals surface area contributed by atoms with Gasteiger partial charge in [0, 0.05) is 5.57 Å². The summed E-state index contributed by atoms with van der Waals surface area (Å²) in [6, 6.07) is 9.30. The summed E-state index contributed by atoms with van der Waals surface area (Å²) in [6.07, 6.45) is 4.84. The van der Waals surface area contributed by atoms with Gasteiger partial charge in [-0.1, -0.05) is 62.6 Å². The predicted octanol–water partition coefficient (Wildman–Crippen LogP) is 3.57. The van der Waals surface area contributed by atoms with Crippen LogP contribution in [0.3, 0.4) is 0 Å². The molecule has 0 spiro atoms. The number of ether oxygens (including phenoxy) is 1. The summed E-state index contributed by atoms with van der Waals surface area (Å²) in [5.74, 6) is -2.08. The second kappa shape index (κ2) is 7.78. The average molecular weight is 302 g/mol. The van der Waals surface area contributed by atoms with E-state index >= 15 is 0 Å². The standard InChI is InChI=1S/C18H22O4/c1-13(16(17(19)20)11-14-7-5-6-8-14)18(21)22-12-15-9-3-2-4-10-15/h2-4,9-10,14,16H,1,5-8,11-12H2,(H,19,20)/t16-/m1/s1. The van der Waals surface area contributed by atoms with Gasteiger partial charge in [0.15, 0.2) is 0 Å². The molecule has 1 saturated carbocycles. The summed E-state index contributed by atoms with van der Waals surface area (Å²) in [6.45, 7) is 3.81. The van der Waals surface area contributed by atoms with Crippen molar-refractivity contribution >= 4 is 11.9 Å². The smallest absolute Gasteiger partial charge is 0.334 e. The minimum absolute atomic E-state index is 0.0512. The van der Waals surface area contributed by atoms with Gasteiger partial charge in [-0.3, -0.25) is 4.79 Å². The molecular formula is C18H22O4. The lowest BCUT2D eigenvalue weighted by atomic mass is 9.88. The summed E-state index contributed by atoms with van der Waals surface area (Å²) < 4.78 is 5.18. The van der Waals surface area contributed by atoms with Crippen LogP contribution in [0.1, 0.15) is 37.7 Å². The Morgan fingerprint density at radius 3 is 2.45 bits per heavy atom. The highest BCUT2D eigenvalue weighted by molar-refractivity contribution is 5.94. The molecule has 0 aromatic heterocycles. The van der Waals surface area contributed by atoms with Gasteiger partial charge in [0.05, 0.1) is 5.92 Å². The lowest BCUT2D eigenvalue weighted by Gasteiger charge is -2.18. The molecule has 1 aromatic carbocycles. The third-order valence-corrected chi connectivity index (χ3v) is 4.24. The fourth-order valence-electron chi connectivity index (χ4n) is 2.93. The molecule has 4 heteroatoms. The van der Waals surface area contributed by atoms with Crippen LogP contribution in [0.5, 0.6) is 0 Å². The molecule has 0 saturated heterocycles. The molecule has 1 aliphatic rings. The zero-order valence-electron chi connectivity index (χ0n) is 12.7. The predicted molar refractivity (Wildman–Crippen MR) is 83.1 cm³/mol. The molecule has 118 valence electrons. The van der Waals surface area contributed by atoms with Crippen LogP contribution in [0.25, 0.3) is 0 Å². The van der Waals surface area contributed by atoms with E-state index in [2.05, 4.69) is 6.58 Å². The van der Waals surface area contributed by atoms with E-state index in [1.165, 1.54) is 0 Å². The highest BCUT2D eigenvalue weighted by Gasteiger charge is 2.30. The van der Waals surface area contributed by atoms with Crippen molar-refractivity contribution in [3.63, 3.8) is 0 Å². The van der Waals surface area contributed by atoms with Crippen molar-refractivity contribution in [1.82, 2.24) is 0 Å². The summed E-state index contributed by atoms with van der Waals surface area (Å²) in [7, 11) is 0. The monoisotopic (exact) mass is 302 g/mol. The van der Waals surface area contributed by atoms with Crippen LogP contribution in [0.4, 0.5) is 0 Å². The van der Waals surface area contributed by atoms with Gasteiger partial charge in [-0.25, -0.2) is 4.79 Å². The van der Waals surface area contributed by atoms with Gasteiger partial charge in [0.2, 0.25) is 0 Å². The number of hydrogen-bond donors (Lipinski definition) is 1. The van der Waals surface area contributed by atoms with E-state index < -0.39 is 17.9 Å². The number of aliphatic carboxylic acids is 1. The molecule has 0 amide bonds. The molecule has 0 heterocycles. The van der Waals surface area contributed by atoms with Crippen molar-refractivity contribution in [3.05, 3.63) is 48.0 Å². The average Bonchev–Trinajstić information content (AvgIpc) is 3.03. The van der Waals surface area contributed by atoms with Crippen molar-refractivity contribution in [3.8, 4) is 0 Å². The Labute approximate surface area is 130 Å². The van der Waals surface area contributed by atoms with Crippen LogP contribution in [-0.2, 0) is 20.9 Å². The highest BCUT2D eigenvalue weighted by Crippen LogP contribution is 2.32. The lowest BCUT2D eigenvalue weighted by molar-refractivity contribution is -0.147. The Balaban J connectivity index is 1.91. The van der Waals surface area contributed by atoms with Crippen LogP contribution in [0.2, 0.25) is 0 Å². The number of esters is 1. The fraction of sp³-hybridized carbons (Fsp3) is 0.444. The molecular weight excluding hydrogens is 280 g/mol. The Kier molecular flexibility index (Phi) is 5.75. The molecule has 1 N–H and O–H groups in total.